The molecule has 0 radical (unpaired) electrons. The van der Waals surface area contributed by atoms with Gasteiger partial charge >= 0.3 is 0 Å². The van der Waals surface area contributed by atoms with Crippen LogP contribution in [0.5, 0.6) is 0 Å². The number of guanidine groups is 1. The number of carbonyl (C=O) groups excluding carboxylic acids is 1. The van der Waals surface area contributed by atoms with Gasteiger partial charge in [0.25, 0.3) is 15.6 Å². The number of nitrogens with zero attached hydrogens (tertiary/aromatic N) is 2. The van der Waals surface area contributed by atoms with Crippen LogP contribution in [-0.2, 0) is 19.7 Å². The van der Waals surface area contributed by atoms with E-state index in [0.717, 1.165) is 10.1 Å². The average molecular weight is 465 g/mol. The molecule has 2 unspecified atom stereocenters. The van der Waals surface area contributed by atoms with E-state index in [1.165, 1.54) is 31.2 Å². The summed E-state index contributed by atoms with van der Waals surface area (Å²) in [5.74, 6) is -1.04. The number of oxime groups is 1. The zero-order chi connectivity index (χ0) is 24.2. The molecule has 174 valence electrons. The number of aryl methyl sites for hydroxylation is 1. The van der Waals surface area contributed by atoms with Crippen molar-refractivity contribution < 1.29 is 18.0 Å². The minimum Gasteiger partial charge on any atom is -0.387 e. The summed E-state index contributed by atoms with van der Waals surface area (Å²) >= 11 is 0. The van der Waals surface area contributed by atoms with Crippen molar-refractivity contribution in [2.75, 3.05) is 4.72 Å². The maximum absolute atomic E-state index is 13.1. The van der Waals surface area contributed by atoms with E-state index in [1.807, 2.05) is 13.8 Å². The summed E-state index contributed by atoms with van der Waals surface area (Å²) in [5, 5.41) is 3.39. The first-order valence-corrected chi connectivity index (χ1v) is 11.2. The summed E-state index contributed by atoms with van der Waals surface area (Å²) < 4.78 is 29.0. The van der Waals surface area contributed by atoms with Crippen molar-refractivity contribution in [1.82, 2.24) is 4.57 Å². The first kappa shape index (κ1) is 24.7. The van der Waals surface area contributed by atoms with Crippen LogP contribution in [0.2, 0.25) is 0 Å². The Balaban J connectivity index is 2.47. The van der Waals surface area contributed by atoms with Gasteiger partial charge in [0, 0.05) is 5.69 Å². The number of anilines is 1. The number of hydrogen-bond acceptors (Lipinski definition) is 6. The number of hydrogen-bond donors (Lipinski definition) is 4. The molecule has 11 nitrogen and oxygen atoms in total. The molecule has 1 aromatic heterocycles. The summed E-state index contributed by atoms with van der Waals surface area (Å²) in [5.41, 5.74) is 16.2. The Hall–Kier alpha value is -3.54. The molecule has 1 amide bonds. The molecular weight excluding hydrogens is 436 g/mol. The van der Waals surface area contributed by atoms with Gasteiger partial charge in [-0.3, -0.25) is 18.9 Å². The number of benzene rings is 1. The average Bonchev–Trinajstić information content (AvgIpc) is 2.71. The molecule has 12 heteroatoms. The van der Waals surface area contributed by atoms with E-state index in [1.54, 1.807) is 19.1 Å². The SMILES string of the molecule is Cc1ccc(NS(=O)(=O)c2ccc(C(C)C)cc2)c(=O)n1C(C(N)=O)C(C)ON=C(N)N. The standard InChI is InChI=1S/C20H28N6O5S/c1-11(2)14-6-8-15(9-7-14)32(29,30)25-16-10-5-12(3)26(19(16)28)17(18(21)27)13(4)31-24-20(22)23/h5-11,13,17,25H,1-4H3,(H2,21,27)(H4,22,23,24). The lowest BCUT2D eigenvalue weighted by molar-refractivity contribution is -0.125. The minimum absolute atomic E-state index is 0.00987. The van der Waals surface area contributed by atoms with E-state index in [9.17, 15) is 18.0 Å². The molecule has 1 heterocycles. The maximum atomic E-state index is 13.1. The third kappa shape index (κ3) is 5.58. The lowest BCUT2D eigenvalue weighted by atomic mass is 10.0. The fourth-order valence-electron chi connectivity index (χ4n) is 3.07. The van der Waals surface area contributed by atoms with Crippen molar-refractivity contribution in [3.05, 3.63) is 58.0 Å². The number of pyridine rings is 1. The Morgan fingerprint density at radius 2 is 1.66 bits per heavy atom. The zero-order valence-electron chi connectivity index (χ0n) is 18.3. The number of primary amides is 1. The summed E-state index contributed by atoms with van der Waals surface area (Å²) in [6.45, 7) is 6.99. The fourth-order valence-corrected chi connectivity index (χ4v) is 4.13. The third-order valence-electron chi connectivity index (χ3n) is 4.76. The van der Waals surface area contributed by atoms with Crippen LogP contribution in [0, 0.1) is 6.92 Å². The quantitative estimate of drug-likeness (QED) is 0.239. The van der Waals surface area contributed by atoms with Crippen LogP contribution < -0.4 is 27.5 Å². The number of nitrogens with two attached hydrogens (primary N) is 3. The van der Waals surface area contributed by atoms with E-state index >= 15 is 0 Å². The van der Waals surface area contributed by atoms with Gasteiger partial charge in [0.15, 0.2) is 12.1 Å². The highest BCUT2D eigenvalue weighted by Gasteiger charge is 2.30. The predicted molar refractivity (Wildman–Crippen MR) is 121 cm³/mol. The van der Waals surface area contributed by atoms with Gasteiger partial charge in [-0.1, -0.05) is 26.0 Å². The molecule has 0 fully saturated rings. The summed E-state index contributed by atoms with van der Waals surface area (Å²) in [6, 6.07) is 7.82. The van der Waals surface area contributed by atoms with Crippen LogP contribution in [-0.4, -0.2) is 31.0 Å². The highest BCUT2D eigenvalue weighted by atomic mass is 32.2. The second-order valence-electron chi connectivity index (χ2n) is 7.57. The third-order valence-corrected chi connectivity index (χ3v) is 6.14. The Kier molecular flexibility index (Phi) is 7.52. The summed E-state index contributed by atoms with van der Waals surface area (Å²) in [4.78, 5) is 30.3. The van der Waals surface area contributed by atoms with Crippen LogP contribution in [0.3, 0.4) is 0 Å². The van der Waals surface area contributed by atoms with E-state index in [-0.39, 0.29) is 22.5 Å². The first-order chi connectivity index (χ1) is 14.8. The minimum atomic E-state index is -4.06. The topological polar surface area (TPSA) is 185 Å². The zero-order valence-corrected chi connectivity index (χ0v) is 19.1. The highest BCUT2D eigenvalue weighted by molar-refractivity contribution is 7.92. The Morgan fingerprint density at radius 1 is 1.06 bits per heavy atom. The van der Waals surface area contributed by atoms with Crippen LogP contribution in [0.4, 0.5) is 5.69 Å². The molecule has 0 spiro atoms. The molecule has 0 saturated carbocycles. The van der Waals surface area contributed by atoms with Crippen LogP contribution in [0.15, 0.2) is 51.2 Å². The number of sulfonamides is 1. The van der Waals surface area contributed by atoms with E-state index in [2.05, 4.69) is 9.88 Å². The van der Waals surface area contributed by atoms with E-state index < -0.39 is 33.6 Å². The number of carbonyl (C=O) groups is 1. The van der Waals surface area contributed by atoms with Gasteiger partial charge in [-0.15, -0.1) is 0 Å². The highest BCUT2D eigenvalue weighted by Crippen LogP contribution is 2.21. The fraction of sp³-hybridized carbons (Fsp3) is 0.350. The lowest BCUT2D eigenvalue weighted by Crippen LogP contribution is -2.42. The van der Waals surface area contributed by atoms with Gasteiger partial charge in [0.2, 0.25) is 11.9 Å². The summed E-state index contributed by atoms with van der Waals surface area (Å²) in [6.07, 6.45) is -1.03. The van der Waals surface area contributed by atoms with Crippen LogP contribution >= 0.6 is 0 Å². The lowest BCUT2D eigenvalue weighted by Gasteiger charge is -2.24. The van der Waals surface area contributed by atoms with Crippen molar-refractivity contribution in [2.45, 2.75) is 50.7 Å². The van der Waals surface area contributed by atoms with E-state index in [4.69, 9.17) is 22.0 Å². The number of amides is 1. The smallest absolute Gasteiger partial charge is 0.275 e. The summed E-state index contributed by atoms with van der Waals surface area (Å²) in [7, 11) is -4.06. The number of rotatable bonds is 9. The van der Waals surface area contributed by atoms with Crippen molar-refractivity contribution in [2.24, 2.45) is 22.4 Å². The molecule has 2 rings (SSSR count). The van der Waals surface area contributed by atoms with Crippen LogP contribution in [0.25, 0.3) is 0 Å². The predicted octanol–water partition coefficient (Wildman–Crippen LogP) is 0.701. The largest absolute Gasteiger partial charge is 0.387 e. The molecule has 2 atom stereocenters. The number of nitrogens with one attached hydrogen (secondary N) is 1. The van der Waals surface area contributed by atoms with Gasteiger partial charge in [-0.25, -0.2) is 8.42 Å². The molecule has 0 saturated heterocycles. The molecule has 0 aliphatic heterocycles. The Morgan fingerprint density at radius 3 is 2.16 bits per heavy atom. The molecule has 0 aliphatic rings. The van der Waals surface area contributed by atoms with Gasteiger partial charge in [0.05, 0.1) is 4.90 Å². The van der Waals surface area contributed by atoms with E-state index in [0.29, 0.717) is 5.69 Å². The number of aromatic nitrogens is 1. The van der Waals surface area contributed by atoms with Crippen molar-refractivity contribution >= 4 is 27.6 Å². The van der Waals surface area contributed by atoms with Gasteiger partial charge in [-0.2, -0.15) is 0 Å². The van der Waals surface area contributed by atoms with Crippen molar-refractivity contribution in [3.63, 3.8) is 0 Å². The molecule has 1 aromatic carbocycles. The second-order valence-corrected chi connectivity index (χ2v) is 9.25. The first-order valence-electron chi connectivity index (χ1n) is 9.74. The molecule has 2 aromatic rings. The monoisotopic (exact) mass is 464 g/mol. The Labute approximate surface area is 186 Å². The van der Waals surface area contributed by atoms with Crippen LogP contribution in [0.1, 0.15) is 44.0 Å². The van der Waals surface area contributed by atoms with Crippen molar-refractivity contribution in [1.29, 1.82) is 0 Å². The van der Waals surface area contributed by atoms with Gasteiger partial charge < -0.3 is 22.0 Å². The second kappa shape index (κ2) is 9.73. The molecule has 32 heavy (non-hydrogen) atoms. The van der Waals surface area contributed by atoms with Gasteiger partial charge in [-0.05, 0) is 54.8 Å². The molecule has 7 N–H and O–H groups in total. The molecule has 0 bridgehead atoms. The van der Waals surface area contributed by atoms with Crippen molar-refractivity contribution in [3.8, 4) is 0 Å². The molecular formula is C20H28N6O5S. The van der Waals surface area contributed by atoms with Gasteiger partial charge in [0.1, 0.15) is 5.69 Å². The maximum Gasteiger partial charge on any atom is 0.275 e. The molecule has 0 aliphatic carbocycles. The normalized spacial score (nSPS) is 13.3. The Bertz CT molecular complexity index is 1170.